The Kier molecular flexibility index (Phi) is 6.17. The Morgan fingerprint density at radius 1 is 1.17 bits per heavy atom. The SMILES string of the molecule is Cc1cc(C(=O)NCCNC(=O)CCOc2ccccc2)no1. The van der Waals surface area contributed by atoms with E-state index >= 15 is 0 Å². The van der Waals surface area contributed by atoms with Gasteiger partial charge in [0.15, 0.2) is 5.69 Å². The fraction of sp³-hybridized carbons (Fsp3) is 0.312. The summed E-state index contributed by atoms with van der Waals surface area (Å²) in [5, 5.41) is 8.95. The normalized spacial score (nSPS) is 10.1. The minimum absolute atomic E-state index is 0.132. The first-order chi connectivity index (χ1) is 11.1. The molecule has 0 radical (unpaired) electrons. The van der Waals surface area contributed by atoms with E-state index in [9.17, 15) is 9.59 Å². The Hall–Kier alpha value is -2.83. The maximum atomic E-state index is 11.7. The molecular formula is C16H19N3O4. The summed E-state index contributed by atoms with van der Waals surface area (Å²) in [6, 6.07) is 10.9. The Labute approximate surface area is 134 Å². The number of ether oxygens (including phenoxy) is 1. The number of aryl methyl sites for hydroxylation is 1. The molecule has 1 aromatic heterocycles. The van der Waals surface area contributed by atoms with Gasteiger partial charge in [-0.2, -0.15) is 0 Å². The van der Waals surface area contributed by atoms with Gasteiger partial charge in [0.25, 0.3) is 5.91 Å². The van der Waals surface area contributed by atoms with Gasteiger partial charge in [0.1, 0.15) is 11.5 Å². The average Bonchev–Trinajstić information content (AvgIpc) is 2.99. The number of nitrogens with zero attached hydrogens (tertiary/aromatic N) is 1. The van der Waals surface area contributed by atoms with Gasteiger partial charge < -0.3 is 19.9 Å². The fourth-order valence-electron chi connectivity index (χ4n) is 1.81. The number of aromatic nitrogens is 1. The highest BCUT2D eigenvalue weighted by Crippen LogP contribution is 2.08. The van der Waals surface area contributed by atoms with Crippen LogP contribution in [0.1, 0.15) is 22.7 Å². The highest BCUT2D eigenvalue weighted by atomic mass is 16.5. The van der Waals surface area contributed by atoms with Gasteiger partial charge in [0.2, 0.25) is 5.91 Å². The van der Waals surface area contributed by atoms with Crippen molar-refractivity contribution in [3.05, 3.63) is 47.9 Å². The van der Waals surface area contributed by atoms with Crippen molar-refractivity contribution >= 4 is 11.8 Å². The number of para-hydroxylation sites is 1. The highest BCUT2D eigenvalue weighted by molar-refractivity contribution is 5.92. The molecule has 0 saturated carbocycles. The maximum absolute atomic E-state index is 11.7. The third kappa shape index (κ3) is 5.82. The smallest absolute Gasteiger partial charge is 0.273 e. The molecular weight excluding hydrogens is 298 g/mol. The summed E-state index contributed by atoms with van der Waals surface area (Å²) < 4.78 is 10.2. The van der Waals surface area contributed by atoms with Crippen molar-refractivity contribution < 1.29 is 18.8 Å². The zero-order valence-corrected chi connectivity index (χ0v) is 12.9. The van der Waals surface area contributed by atoms with Gasteiger partial charge >= 0.3 is 0 Å². The Balaban J connectivity index is 1.55. The number of carbonyl (C=O) groups is 2. The fourth-order valence-corrected chi connectivity index (χ4v) is 1.81. The van der Waals surface area contributed by atoms with Crippen molar-refractivity contribution in [3.8, 4) is 5.75 Å². The van der Waals surface area contributed by atoms with Crippen LogP contribution in [0.2, 0.25) is 0 Å². The topological polar surface area (TPSA) is 93.5 Å². The van der Waals surface area contributed by atoms with Crippen LogP contribution in [0.5, 0.6) is 5.75 Å². The summed E-state index contributed by atoms with van der Waals surface area (Å²) >= 11 is 0. The monoisotopic (exact) mass is 317 g/mol. The number of benzene rings is 1. The van der Waals surface area contributed by atoms with Crippen molar-refractivity contribution in [2.75, 3.05) is 19.7 Å². The van der Waals surface area contributed by atoms with Crippen LogP contribution in [-0.2, 0) is 4.79 Å². The molecule has 2 rings (SSSR count). The van der Waals surface area contributed by atoms with Crippen LogP contribution in [0.3, 0.4) is 0 Å². The summed E-state index contributed by atoms with van der Waals surface area (Å²) in [5.74, 6) is 0.841. The first-order valence-electron chi connectivity index (χ1n) is 7.31. The molecule has 23 heavy (non-hydrogen) atoms. The van der Waals surface area contributed by atoms with Crippen LogP contribution in [0, 0.1) is 6.92 Å². The number of nitrogens with one attached hydrogen (secondary N) is 2. The Morgan fingerprint density at radius 2 is 1.91 bits per heavy atom. The minimum atomic E-state index is -0.330. The van der Waals surface area contributed by atoms with Crippen LogP contribution < -0.4 is 15.4 Å². The first-order valence-corrected chi connectivity index (χ1v) is 7.31. The summed E-state index contributed by atoms with van der Waals surface area (Å²) in [6.45, 7) is 2.67. The molecule has 1 aromatic carbocycles. The van der Waals surface area contributed by atoms with E-state index < -0.39 is 0 Å². The van der Waals surface area contributed by atoms with E-state index in [0.717, 1.165) is 5.75 Å². The van der Waals surface area contributed by atoms with E-state index in [1.54, 1.807) is 13.0 Å². The van der Waals surface area contributed by atoms with E-state index in [1.807, 2.05) is 30.3 Å². The quantitative estimate of drug-likeness (QED) is 0.716. The predicted molar refractivity (Wildman–Crippen MR) is 83.1 cm³/mol. The lowest BCUT2D eigenvalue weighted by molar-refractivity contribution is -0.121. The molecule has 0 unspecified atom stereocenters. The van der Waals surface area contributed by atoms with Crippen LogP contribution in [0.15, 0.2) is 40.9 Å². The summed E-state index contributed by atoms with van der Waals surface area (Å²) in [6.07, 6.45) is 0.255. The first kappa shape index (κ1) is 16.5. The van der Waals surface area contributed by atoms with Crippen molar-refractivity contribution in [1.82, 2.24) is 15.8 Å². The second kappa shape index (κ2) is 8.57. The number of carbonyl (C=O) groups excluding carboxylic acids is 2. The van der Waals surface area contributed by atoms with Gasteiger partial charge in [-0.1, -0.05) is 23.4 Å². The predicted octanol–water partition coefficient (Wildman–Crippen LogP) is 1.30. The molecule has 1 heterocycles. The molecule has 0 fully saturated rings. The molecule has 7 nitrogen and oxygen atoms in total. The van der Waals surface area contributed by atoms with Crippen molar-refractivity contribution in [1.29, 1.82) is 0 Å². The third-order valence-corrected chi connectivity index (χ3v) is 2.93. The zero-order chi connectivity index (χ0) is 16.5. The molecule has 0 spiro atoms. The van der Waals surface area contributed by atoms with E-state index in [1.165, 1.54) is 0 Å². The molecule has 0 aliphatic heterocycles. The van der Waals surface area contributed by atoms with E-state index in [0.29, 0.717) is 25.5 Å². The van der Waals surface area contributed by atoms with Gasteiger partial charge in [0.05, 0.1) is 13.0 Å². The van der Waals surface area contributed by atoms with E-state index in [2.05, 4.69) is 15.8 Å². The lowest BCUT2D eigenvalue weighted by Crippen LogP contribution is -2.35. The van der Waals surface area contributed by atoms with Gasteiger partial charge in [-0.3, -0.25) is 9.59 Å². The molecule has 0 aliphatic carbocycles. The summed E-state index contributed by atoms with van der Waals surface area (Å²) in [4.78, 5) is 23.3. The van der Waals surface area contributed by atoms with Gasteiger partial charge in [-0.25, -0.2) is 0 Å². The molecule has 0 saturated heterocycles. The number of amides is 2. The molecule has 2 amide bonds. The number of rotatable bonds is 8. The number of hydrogen-bond donors (Lipinski definition) is 2. The van der Waals surface area contributed by atoms with E-state index in [4.69, 9.17) is 9.26 Å². The average molecular weight is 317 g/mol. The lowest BCUT2D eigenvalue weighted by Gasteiger charge is -2.07. The second-order valence-electron chi connectivity index (χ2n) is 4.84. The minimum Gasteiger partial charge on any atom is -0.493 e. The Bertz CT molecular complexity index is 640. The van der Waals surface area contributed by atoms with Crippen LogP contribution >= 0.6 is 0 Å². The standard InChI is InChI=1S/C16H19N3O4/c1-12-11-14(19-23-12)16(21)18-9-8-17-15(20)7-10-22-13-5-3-2-4-6-13/h2-6,11H,7-10H2,1H3,(H,17,20)(H,18,21). The largest absolute Gasteiger partial charge is 0.493 e. The van der Waals surface area contributed by atoms with Gasteiger partial charge in [-0.05, 0) is 19.1 Å². The van der Waals surface area contributed by atoms with Crippen LogP contribution in [-0.4, -0.2) is 36.7 Å². The highest BCUT2D eigenvalue weighted by Gasteiger charge is 2.10. The zero-order valence-electron chi connectivity index (χ0n) is 12.9. The van der Waals surface area contributed by atoms with Crippen molar-refractivity contribution in [2.24, 2.45) is 0 Å². The molecule has 0 aliphatic rings. The van der Waals surface area contributed by atoms with Gasteiger partial charge in [0, 0.05) is 19.2 Å². The molecule has 7 heteroatoms. The summed E-state index contributed by atoms with van der Waals surface area (Å²) in [7, 11) is 0. The molecule has 122 valence electrons. The summed E-state index contributed by atoms with van der Waals surface area (Å²) in [5.41, 5.74) is 0.227. The third-order valence-electron chi connectivity index (χ3n) is 2.93. The lowest BCUT2D eigenvalue weighted by atomic mass is 10.3. The van der Waals surface area contributed by atoms with E-state index in [-0.39, 0.29) is 23.9 Å². The van der Waals surface area contributed by atoms with Crippen LogP contribution in [0.25, 0.3) is 0 Å². The molecule has 2 aromatic rings. The molecule has 0 bridgehead atoms. The molecule has 0 atom stereocenters. The number of hydrogen-bond acceptors (Lipinski definition) is 5. The Morgan fingerprint density at radius 3 is 2.61 bits per heavy atom. The van der Waals surface area contributed by atoms with Gasteiger partial charge in [-0.15, -0.1) is 0 Å². The second-order valence-corrected chi connectivity index (χ2v) is 4.84. The molecule has 2 N–H and O–H groups in total. The van der Waals surface area contributed by atoms with Crippen molar-refractivity contribution in [2.45, 2.75) is 13.3 Å². The maximum Gasteiger partial charge on any atom is 0.273 e. The van der Waals surface area contributed by atoms with Crippen LogP contribution in [0.4, 0.5) is 0 Å². The van der Waals surface area contributed by atoms with Crippen molar-refractivity contribution in [3.63, 3.8) is 0 Å².